The van der Waals surface area contributed by atoms with Crippen molar-refractivity contribution in [2.75, 3.05) is 26.2 Å². The summed E-state index contributed by atoms with van der Waals surface area (Å²) in [5.74, 6) is 0.142. The Morgan fingerprint density at radius 1 is 0.714 bits per heavy atom. The maximum Gasteiger partial charge on any atom is 0.253 e. The van der Waals surface area contributed by atoms with Crippen LogP contribution < -0.4 is 0 Å². The van der Waals surface area contributed by atoms with Gasteiger partial charge >= 0.3 is 0 Å². The van der Waals surface area contributed by atoms with Crippen LogP contribution in [0.2, 0.25) is 0 Å². The minimum atomic E-state index is 0.0224. The third kappa shape index (κ3) is 3.98. The maximum atomic E-state index is 12.8. The molecule has 0 atom stereocenters. The number of hydrogen-bond donors (Lipinski definition) is 0. The predicted molar refractivity (Wildman–Crippen MR) is 108 cm³/mol. The summed E-state index contributed by atoms with van der Waals surface area (Å²) in [4.78, 5) is 28.9. The molecule has 2 aromatic carbocycles. The fraction of sp³-hybridized carbons (Fsp3) is 0.217. The number of amides is 2. The first kappa shape index (κ1) is 18.0. The topological polar surface area (TPSA) is 45.6 Å². The predicted octanol–water partition coefficient (Wildman–Crippen LogP) is 3.00. The van der Waals surface area contributed by atoms with Gasteiger partial charge in [0.25, 0.3) is 5.91 Å². The van der Waals surface area contributed by atoms with Crippen LogP contribution in [0.4, 0.5) is 0 Å². The van der Waals surface area contributed by atoms with E-state index in [9.17, 15) is 9.59 Å². The van der Waals surface area contributed by atoms with E-state index in [4.69, 9.17) is 0 Å². The maximum absolute atomic E-state index is 12.8. The fourth-order valence-corrected chi connectivity index (χ4v) is 3.51. The molecule has 5 nitrogen and oxygen atoms in total. The third-order valence-corrected chi connectivity index (χ3v) is 5.13. The Bertz CT molecular complexity index is 926. The molecule has 2 amide bonds. The van der Waals surface area contributed by atoms with Gasteiger partial charge in [0.1, 0.15) is 0 Å². The molecule has 2 heterocycles. The Balaban J connectivity index is 1.33. The largest absolute Gasteiger partial charge is 0.339 e. The zero-order valence-corrected chi connectivity index (χ0v) is 15.7. The molecule has 1 saturated heterocycles. The highest BCUT2D eigenvalue weighted by molar-refractivity contribution is 5.94. The van der Waals surface area contributed by atoms with Gasteiger partial charge in [-0.3, -0.25) is 9.59 Å². The molecular formula is C23H23N3O2. The van der Waals surface area contributed by atoms with Gasteiger partial charge in [-0.1, -0.05) is 30.3 Å². The minimum Gasteiger partial charge on any atom is -0.339 e. The molecule has 0 aliphatic carbocycles. The summed E-state index contributed by atoms with van der Waals surface area (Å²) >= 11 is 0. The van der Waals surface area contributed by atoms with E-state index in [0.717, 1.165) is 11.3 Å². The number of hydrogen-bond acceptors (Lipinski definition) is 2. The number of benzene rings is 2. The smallest absolute Gasteiger partial charge is 0.253 e. The Kier molecular flexibility index (Phi) is 5.24. The summed E-state index contributed by atoms with van der Waals surface area (Å²) in [6, 6.07) is 21.3. The molecule has 1 fully saturated rings. The first-order valence-electron chi connectivity index (χ1n) is 9.55. The SMILES string of the molecule is O=C(Cc1ccccc1)N1CCN(C(=O)c2ccc(-n3cccc3)cc2)CC1. The second-order valence-corrected chi connectivity index (χ2v) is 6.97. The number of aromatic nitrogens is 1. The van der Waals surface area contributed by atoms with E-state index in [1.807, 2.05) is 93.5 Å². The van der Waals surface area contributed by atoms with Crippen LogP contribution in [0.5, 0.6) is 0 Å². The van der Waals surface area contributed by atoms with Gasteiger partial charge in [-0.2, -0.15) is 0 Å². The van der Waals surface area contributed by atoms with E-state index in [0.29, 0.717) is 38.2 Å². The number of carbonyl (C=O) groups excluding carboxylic acids is 2. The first-order chi connectivity index (χ1) is 13.7. The average Bonchev–Trinajstić information content (AvgIpc) is 3.29. The summed E-state index contributed by atoms with van der Waals surface area (Å²) in [5.41, 5.74) is 2.73. The Morgan fingerprint density at radius 2 is 1.32 bits per heavy atom. The molecule has 1 aliphatic heterocycles. The van der Waals surface area contributed by atoms with Crippen LogP contribution >= 0.6 is 0 Å². The lowest BCUT2D eigenvalue weighted by atomic mass is 10.1. The molecule has 1 aromatic heterocycles. The van der Waals surface area contributed by atoms with E-state index >= 15 is 0 Å². The van der Waals surface area contributed by atoms with Crippen molar-refractivity contribution >= 4 is 11.8 Å². The molecule has 5 heteroatoms. The van der Waals surface area contributed by atoms with Crippen LogP contribution in [-0.4, -0.2) is 52.4 Å². The lowest BCUT2D eigenvalue weighted by molar-refractivity contribution is -0.131. The van der Waals surface area contributed by atoms with Gasteiger partial charge in [0.2, 0.25) is 5.91 Å². The van der Waals surface area contributed by atoms with E-state index < -0.39 is 0 Å². The van der Waals surface area contributed by atoms with Crippen molar-refractivity contribution in [1.29, 1.82) is 0 Å². The van der Waals surface area contributed by atoms with Gasteiger partial charge in [-0.05, 0) is 42.0 Å². The molecule has 0 spiro atoms. The van der Waals surface area contributed by atoms with Crippen LogP contribution in [-0.2, 0) is 11.2 Å². The summed E-state index contributed by atoms with van der Waals surface area (Å²) in [6.45, 7) is 2.30. The quantitative estimate of drug-likeness (QED) is 0.706. The average molecular weight is 373 g/mol. The van der Waals surface area contributed by atoms with Crippen LogP contribution in [0.25, 0.3) is 5.69 Å². The van der Waals surface area contributed by atoms with E-state index in [1.54, 1.807) is 0 Å². The molecular weight excluding hydrogens is 350 g/mol. The highest BCUT2D eigenvalue weighted by Crippen LogP contribution is 2.14. The van der Waals surface area contributed by atoms with Crippen molar-refractivity contribution in [2.24, 2.45) is 0 Å². The van der Waals surface area contributed by atoms with Crippen molar-refractivity contribution in [1.82, 2.24) is 14.4 Å². The second kappa shape index (κ2) is 8.13. The van der Waals surface area contributed by atoms with E-state index in [2.05, 4.69) is 0 Å². The van der Waals surface area contributed by atoms with Gasteiger partial charge < -0.3 is 14.4 Å². The van der Waals surface area contributed by atoms with Gasteiger partial charge in [0, 0.05) is 49.8 Å². The second-order valence-electron chi connectivity index (χ2n) is 6.97. The summed E-state index contributed by atoms with van der Waals surface area (Å²) < 4.78 is 2.01. The Labute approximate surface area is 164 Å². The molecule has 1 aliphatic rings. The Morgan fingerprint density at radius 3 is 1.96 bits per heavy atom. The highest BCUT2D eigenvalue weighted by Gasteiger charge is 2.24. The van der Waals surface area contributed by atoms with E-state index in [1.165, 1.54) is 0 Å². The van der Waals surface area contributed by atoms with Crippen LogP contribution in [0, 0.1) is 0 Å². The van der Waals surface area contributed by atoms with Crippen molar-refractivity contribution in [2.45, 2.75) is 6.42 Å². The lowest BCUT2D eigenvalue weighted by Crippen LogP contribution is -2.51. The van der Waals surface area contributed by atoms with Crippen molar-refractivity contribution in [3.05, 3.63) is 90.3 Å². The molecule has 0 unspecified atom stereocenters. The molecule has 142 valence electrons. The number of rotatable bonds is 4. The van der Waals surface area contributed by atoms with Crippen LogP contribution in [0.1, 0.15) is 15.9 Å². The van der Waals surface area contributed by atoms with E-state index in [-0.39, 0.29) is 11.8 Å². The van der Waals surface area contributed by atoms with Gasteiger partial charge in [-0.25, -0.2) is 0 Å². The molecule has 0 radical (unpaired) electrons. The van der Waals surface area contributed by atoms with Crippen molar-refractivity contribution in [3.8, 4) is 5.69 Å². The molecule has 0 N–H and O–H groups in total. The molecule has 3 aromatic rings. The minimum absolute atomic E-state index is 0.0224. The monoisotopic (exact) mass is 373 g/mol. The molecule has 0 bridgehead atoms. The van der Waals surface area contributed by atoms with Crippen LogP contribution in [0.15, 0.2) is 79.1 Å². The number of nitrogens with zero attached hydrogens (tertiary/aromatic N) is 3. The van der Waals surface area contributed by atoms with Gasteiger partial charge in [-0.15, -0.1) is 0 Å². The third-order valence-electron chi connectivity index (χ3n) is 5.13. The summed E-state index contributed by atoms with van der Waals surface area (Å²) in [5, 5.41) is 0. The normalized spacial score (nSPS) is 14.1. The summed E-state index contributed by atoms with van der Waals surface area (Å²) in [7, 11) is 0. The zero-order valence-electron chi connectivity index (χ0n) is 15.7. The number of piperazine rings is 1. The lowest BCUT2D eigenvalue weighted by Gasteiger charge is -2.35. The molecule has 0 saturated carbocycles. The standard InChI is InChI=1S/C23H23N3O2/c27-22(18-19-6-2-1-3-7-19)25-14-16-26(17-15-25)23(28)20-8-10-21(11-9-20)24-12-4-5-13-24/h1-13H,14-18H2. The Hall–Kier alpha value is -3.34. The highest BCUT2D eigenvalue weighted by atomic mass is 16.2. The zero-order chi connectivity index (χ0) is 19.3. The van der Waals surface area contributed by atoms with Crippen LogP contribution in [0.3, 0.4) is 0 Å². The number of carbonyl (C=O) groups is 2. The van der Waals surface area contributed by atoms with Crippen molar-refractivity contribution < 1.29 is 9.59 Å². The molecule has 28 heavy (non-hydrogen) atoms. The molecule has 4 rings (SSSR count). The van der Waals surface area contributed by atoms with Gasteiger partial charge in [0.15, 0.2) is 0 Å². The summed E-state index contributed by atoms with van der Waals surface area (Å²) in [6.07, 6.45) is 4.36. The first-order valence-corrected chi connectivity index (χ1v) is 9.55. The van der Waals surface area contributed by atoms with Gasteiger partial charge in [0.05, 0.1) is 6.42 Å². The van der Waals surface area contributed by atoms with Crippen molar-refractivity contribution in [3.63, 3.8) is 0 Å². The fourth-order valence-electron chi connectivity index (χ4n) is 3.51.